The number of benzene rings is 1. The summed E-state index contributed by atoms with van der Waals surface area (Å²) >= 11 is 1.74. The van der Waals surface area contributed by atoms with Crippen LogP contribution in [0.5, 0.6) is 11.5 Å². The molecule has 0 saturated carbocycles. The molecule has 5 heteroatoms. The summed E-state index contributed by atoms with van der Waals surface area (Å²) in [5.41, 5.74) is 2.12. The second-order valence-corrected chi connectivity index (χ2v) is 6.13. The number of nitrogens with zero attached hydrogens (tertiary/aromatic N) is 1. The number of thiazole rings is 1. The average Bonchev–Trinajstić information content (AvgIpc) is 3.19. The Morgan fingerprint density at radius 2 is 2.25 bits per heavy atom. The van der Waals surface area contributed by atoms with Gasteiger partial charge in [-0.1, -0.05) is 0 Å². The van der Waals surface area contributed by atoms with E-state index in [1.165, 1.54) is 17.8 Å². The molecular weight excluding hydrogens is 272 g/mol. The van der Waals surface area contributed by atoms with Crippen LogP contribution in [-0.2, 0) is 6.42 Å². The fourth-order valence-electron chi connectivity index (χ4n) is 2.73. The van der Waals surface area contributed by atoms with Gasteiger partial charge >= 0.3 is 0 Å². The maximum Gasteiger partial charge on any atom is 0.231 e. The first-order chi connectivity index (χ1) is 9.88. The molecule has 1 unspecified atom stereocenters. The molecule has 1 N–H and O–H groups in total. The molecule has 4 rings (SSSR count). The molecule has 1 aromatic carbocycles. The number of aromatic nitrogens is 1. The van der Waals surface area contributed by atoms with Crippen molar-refractivity contribution in [3.8, 4) is 22.8 Å². The number of rotatable bonds is 3. The normalized spacial score (nSPS) is 20.5. The maximum absolute atomic E-state index is 5.42. The highest BCUT2D eigenvalue weighted by atomic mass is 32.1. The highest BCUT2D eigenvalue weighted by Gasteiger charge is 2.18. The zero-order chi connectivity index (χ0) is 13.4. The summed E-state index contributed by atoms with van der Waals surface area (Å²) < 4.78 is 10.8. The lowest BCUT2D eigenvalue weighted by molar-refractivity contribution is 0.174. The van der Waals surface area contributed by atoms with Gasteiger partial charge in [-0.15, -0.1) is 11.3 Å². The summed E-state index contributed by atoms with van der Waals surface area (Å²) in [6.45, 7) is 1.46. The Labute approximate surface area is 121 Å². The van der Waals surface area contributed by atoms with Crippen molar-refractivity contribution in [1.82, 2.24) is 10.3 Å². The molecule has 0 aliphatic carbocycles. The third-order valence-corrected chi connectivity index (χ3v) is 4.67. The Balaban J connectivity index is 1.55. The molecule has 0 radical (unpaired) electrons. The Kier molecular flexibility index (Phi) is 3.09. The standard InChI is InChI=1S/C15H16N2O2S/c1-2-11(16-5-1)7-15-17-12(8-20-15)10-3-4-13-14(6-10)19-9-18-13/h3-4,6,8,11,16H,1-2,5,7,9H2. The number of fused-ring (bicyclic) bond motifs is 1. The van der Waals surface area contributed by atoms with Crippen molar-refractivity contribution in [2.45, 2.75) is 25.3 Å². The lowest BCUT2D eigenvalue weighted by Crippen LogP contribution is -2.23. The number of hydrogen-bond donors (Lipinski definition) is 1. The predicted molar refractivity (Wildman–Crippen MR) is 78.4 cm³/mol. The first-order valence-corrected chi connectivity index (χ1v) is 7.84. The minimum Gasteiger partial charge on any atom is -0.454 e. The molecule has 20 heavy (non-hydrogen) atoms. The first kappa shape index (κ1) is 12.2. The second kappa shape index (κ2) is 5.07. The lowest BCUT2D eigenvalue weighted by Gasteiger charge is -2.06. The molecule has 1 saturated heterocycles. The monoisotopic (exact) mass is 288 g/mol. The molecular formula is C15H16N2O2S. The summed E-state index contributed by atoms with van der Waals surface area (Å²) in [6.07, 6.45) is 3.58. The van der Waals surface area contributed by atoms with E-state index >= 15 is 0 Å². The van der Waals surface area contributed by atoms with Gasteiger partial charge in [0.2, 0.25) is 6.79 Å². The summed E-state index contributed by atoms with van der Waals surface area (Å²) in [7, 11) is 0. The van der Waals surface area contributed by atoms with Gasteiger partial charge in [0.25, 0.3) is 0 Å². The maximum atomic E-state index is 5.42. The molecule has 1 fully saturated rings. The van der Waals surface area contributed by atoms with E-state index in [1.54, 1.807) is 11.3 Å². The van der Waals surface area contributed by atoms with Crippen molar-refractivity contribution in [2.24, 2.45) is 0 Å². The zero-order valence-corrected chi connectivity index (χ0v) is 11.9. The second-order valence-electron chi connectivity index (χ2n) is 5.19. The van der Waals surface area contributed by atoms with E-state index in [0.29, 0.717) is 12.8 Å². The van der Waals surface area contributed by atoms with Crippen molar-refractivity contribution in [3.05, 3.63) is 28.6 Å². The highest BCUT2D eigenvalue weighted by molar-refractivity contribution is 7.09. The molecule has 104 valence electrons. The van der Waals surface area contributed by atoms with E-state index in [2.05, 4.69) is 10.7 Å². The highest BCUT2D eigenvalue weighted by Crippen LogP contribution is 2.36. The van der Waals surface area contributed by atoms with Gasteiger partial charge in [0, 0.05) is 23.4 Å². The van der Waals surface area contributed by atoms with E-state index < -0.39 is 0 Å². The van der Waals surface area contributed by atoms with Crippen molar-refractivity contribution in [3.63, 3.8) is 0 Å². The van der Waals surface area contributed by atoms with Gasteiger partial charge in [0.1, 0.15) is 0 Å². The smallest absolute Gasteiger partial charge is 0.231 e. The van der Waals surface area contributed by atoms with Crippen LogP contribution in [0.25, 0.3) is 11.3 Å². The van der Waals surface area contributed by atoms with Crippen LogP contribution in [0, 0.1) is 0 Å². The third-order valence-electron chi connectivity index (χ3n) is 3.80. The number of hydrogen-bond acceptors (Lipinski definition) is 5. The minimum absolute atomic E-state index is 0.314. The van der Waals surface area contributed by atoms with Gasteiger partial charge in [-0.3, -0.25) is 0 Å². The molecule has 1 atom stereocenters. The fraction of sp³-hybridized carbons (Fsp3) is 0.400. The van der Waals surface area contributed by atoms with Crippen molar-refractivity contribution in [1.29, 1.82) is 0 Å². The van der Waals surface area contributed by atoms with Gasteiger partial charge < -0.3 is 14.8 Å². The van der Waals surface area contributed by atoms with Crippen LogP contribution in [0.15, 0.2) is 23.6 Å². The van der Waals surface area contributed by atoms with Crippen LogP contribution in [0.1, 0.15) is 17.8 Å². The fourth-order valence-corrected chi connectivity index (χ4v) is 3.62. The number of ether oxygens (including phenoxy) is 2. The quantitative estimate of drug-likeness (QED) is 0.943. The Hall–Kier alpha value is -1.59. The van der Waals surface area contributed by atoms with E-state index in [-0.39, 0.29) is 0 Å². The molecule has 0 amide bonds. The minimum atomic E-state index is 0.314. The Morgan fingerprint density at radius 3 is 3.15 bits per heavy atom. The van der Waals surface area contributed by atoms with Gasteiger partial charge in [-0.05, 0) is 37.6 Å². The average molecular weight is 288 g/mol. The summed E-state index contributed by atoms with van der Waals surface area (Å²) in [6, 6.07) is 6.61. The van der Waals surface area contributed by atoms with E-state index in [4.69, 9.17) is 14.5 Å². The predicted octanol–water partition coefficient (Wildman–Crippen LogP) is 2.83. The van der Waals surface area contributed by atoms with Crippen LogP contribution >= 0.6 is 11.3 Å². The molecule has 2 aliphatic heterocycles. The Bertz CT molecular complexity index is 620. The van der Waals surface area contributed by atoms with Crippen molar-refractivity contribution < 1.29 is 9.47 Å². The van der Waals surface area contributed by atoms with Crippen molar-refractivity contribution in [2.75, 3.05) is 13.3 Å². The van der Waals surface area contributed by atoms with Crippen LogP contribution in [-0.4, -0.2) is 24.4 Å². The molecule has 4 nitrogen and oxygen atoms in total. The molecule has 0 bridgehead atoms. The molecule has 3 heterocycles. The first-order valence-electron chi connectivity index (χ1n) is 6.96. The largest absolute Gasteiger partial charge is 0.454 e. The van der Waals surface area contributed by atoms with E-state index in [0.717, 1.165) is 35.7 Å². The zero-order valence-electron chi connectivity index (χ0n) is 11.1. The summed E-state index contributed by atoms with van der Waals surface area (Å²) in [4.78, 5) is 4.75. The lowest BCUT2D eigenvalue weighted by atomic mass is 10.1. The van der Waals surface area contributed by atoms with Gasteiger partial charge in [-0.25, -0.2) is 4.98 Å². The SMILES string of the molecule is c1cc2c(cc1-c1csc(CC3CCCN3)n1)OCO2. The molecule has 2 aliphatic rings. The van der Waals surface area contributed by atoms with Crippen LogP contribution < -0.4 is 14.8 Å². The Morgan fingerprint density at radius 1 is 1.30 bits per heavy atom. The van der Waals surface area contributed by atoms with Crippen molar-refractivity contribution >= 4 is 11.3 Å². The van der Waals surface area contributed by atoms with Crippen LogP contribution in [0.3, 0.4) is 0 Å². The van der Waals surface area contributed by atoms with Gasteiger partial charge in [0.05, 0.1) is 10.7 Å². The number of nitrogens with one attached hydrogen (secondary N) is 1. The molecule has 2 aromatic rings. The van der Waals surface area contributed by atoms with Crippen LogP contribution in [0.2, 0.25) is 0 Å². The summed E-state index contributed by atoms with van der Waals surface area (Å²) in [5, 5.41) is 6.85. The van der Waals surface area contributed by atoms with E-state index in [1.807, 2.05) is 18.2 Å². The summed E-state index contributed by atoms with van der Waals surface area (Å²) in [5.74, 6) is 1.63. The molecule has 1 aromatic heterocycles. The van der Waals surface area contributed by atoms with Gasteiger partial charge in [0.15, 0.2) is 11.5 Å². The molecule has 0 spiro atoms. The third kappa shape index (κ3) is 2.27. The van der Waals surface area contributed by atoms with E-state index in [9.17, 15) is 0 Å². The van der Waals surface area contributed by atoms with Crippen LogP contribution in [0.4, 0.5) is 0 Å². The van der Waals surface area contributed by atoms with Gasteiger partial charge in [-0.2, -0.15) is 0 Å². The topological polar surface area (TPSA) is 43.4 Å².